The SMILES string of the molecule is COC(=O)CC(NC(=O)c1sc(-c2cccc(Cl)c2)nc1C)c1cccs1. The van der Waals surface area contributed by atoms with Crippen LogP contribution < -0.4 is 5.32 Å². The number of halogens is 1. The van der Waals surface area contributed by atoms with Crippen LogP contribution in [0.4, 0.5) is 0 Å². The molecule has 0 radical (unpaired) electrons. The lowest BCUT2D eigenvalue weighted by Crippen LogP contribution is -2.29. The van der Waals surface area contributed by atoms with Crippen LogP contribution in [-0.2, 0) is 9.53 Å². The van der Waals surface area contributed by atoms with Crippen LogP contribution in [0.1, 0.15) is 32.7 Å². The Kier molecular flexibility index (Phi) is 6.26. The summed E-state index contributed by atoms with van der Waals surface area (Å²) in [7, 11) is 1.33. The summed E-state index contributed by atoms with van der Waals surface area (Å²) in [5.74, 6) is -0.644. The van der Waals surface area contributed by atoms with Crippen LogP contribution in [0.5, 0.6) is 0 Å². The number of hydrogen-bond acceptors (Lipinski definition) is 6. The first-order valence-electron chi connectivity index (χ1n) is 8.12. The van der Waals surface area contributed by atoms with Crippen LogP contribution in [-0.4, -0.2) is 24.0 Å². The molecule has 1 atom stereocenters. The minimum atomic E-state index is -0.443. The maximum atomic E-state index is 12.8. The molecular formula is C19H17ClN2O3S2. The second-order valence-corrected chi connectivity index (χ2v) is 8.18. The predicted octanol–water partition coefficient (Wildman–Crippen LogP) is 4.87. The summed E-state index contributed by atoms with van der Waals surface area (Å²) in [5, 5.41) is 6.17. The van der Waals surface area contributed by atoms with Gasteiger partial charge in [-0.1, -0.05) is 29.8 Å². The van der Waals surface area contributed by atoms with E-state index >= 15 is 0 Å². The van der Waals surface area contributed by atoms with Gasteiger partial charge in [0.15, 0.2) is 0 Å². The van der Waals surface area contributed by atoms with Crippen molar-refractivity contribution in [2.24, 2.45) is 0 Å². The van der Waals surface area contributed by atoms with Crippen molar-refractivity contribution in [1.82, 2.24) is 10.3 Å². The molecule has 0 saturated carbocycles. The van der Waals surface area contributed by atoms with Crippen molar-refractivity contribution in [3.63, 3.8) is 0 Å². The number of thiophene rings is 1. The van der Waals surface area contributed by atoms with Gasteiger partial charge in [0, 0.05) is 15.5 Å². The van der Waals surface area contributed by atoms with E-state index in [0.717, 1.165) is 15.4 Å². The Labute approximate surface area is 170 Å². The van der Waals surface area contributed by atoms with Crippen molar-refractivity contribution >= 4 is 46.2 Å². The number of aromatic nitrogens is 1. The van der Waals surface area contributed by atoms with Gasteiger partial charge in [-0.25, -0.2) is 4.98 Å². The lowest BCUT2D eigenvalue weighted by molar-refractivity contribution is -0.141. The standard InChI is InChI=1S/C19H17ClN2O3S2/c1-11-17(27-19(21-11)12-5-3-6-13(20)9-12)18(24)22-14(10-16(23)25-2)15-7-4-8-26-15/h3-9,14H,10H2,1-2H3,(H,22,24). The molecule has 0 aliphatic carbocycles. The molecule has 5 nitrogen and oxygen atoms in total. The number of nitrogens with one attached hydrogen (secondary N) is 1. The summed E-state index contributed by atoms with van der Waals surface area (Å²) in [6.45, 7) is 1.79. The molecule has 27 heavy (non-hydrogen) atoms. The number of carbonyl (C=O) groups excluding carboxylic acids is 2. The van der Waals surface area contributed by atoms with Gasteiger partial charge in [-0.2, -0.15) is 0 Å². The van der Waals surface area contributed by atoms with E-state index in [1.54, 1.807) is 13.0 Å². The van der Waals surface area contributed by atoms with E-state index in [0.29, 0.717) is 15.6 Å². The quantitative estimate of drug-likeness (QED) is 0.578. The zero-order valence-corrected chi connectivity index (χ0v) is 17.1. The van der Waals surface area contributed by atoms with Crippen molar-refractivity contribution in [3.05, 3.63) is 62.2 Å². The molecule has 0 spiro atoms. The maximum absolute atomic E-state index is 12.8. The van der Waals surface area contributed by atoms with E-state index in [1.165, 1.54) is 29.8 Å². The van der Waals surface area contributed by atoms with Crippen molar-refractivity contribution in [3.8, 4) is 10.6 Å². The number of ether oxygens (including phenoxy) is 1. The normalized spacial score (nSPS) is 11.8. The second-order valence-electron chi connectivity index (χ2n) is 5.77. The second kappa shape index (κ2) is 8.65. The Morgan fingerprint density at radius 2 is 2.11 bits per heavy atom. The molecule has 1 amide bonds. The third-order valence-electron chi connectivity index (χ3n) is 3.86. The highest BCUT2D eigenvalue weighted by molar-refractivity contribution is 7.17. The lowest BCUT2D eigenvalue weighted by atomic mass is 10.1. The number of esters is 1. The van der Waals surface area contributed by atoms with Gasteiger partial charge in [-0.15, -0.1) is 22.7 Å². The molecule has 0 aliphatic heterocycles. The lowest BCUT2D eigenvalue weighted by Gasteiger charge is -2.16. The van der Waals surface area contributed by atoms with Crippen molar-refractivity contribution in [2.45, 2.75) is 19.4 Å². The zero-order chi connectivity index (χ0) is 19.4. The first kappa shape index (κ1) is 19.5. The Bertz CT molecular complexity index is 954. The first-order chi connectivity index (χ1) is 13.0. The summed E-state index contributed by atoms with van der Waals surface area (Å²) in [6.07, 6.45) is 0.0712. The fraction of sp³-hybridized carbons (Fsp3) is 0.211. The van der Waals surface area contributed by atoms with E-state index in [2.05, 4.69) is 10.3 Å². The molecule has 0 bridgehead atoms. The molecule has 0 saturated heterocycles. The summed E-state index contributed by atoms with van der Waals surface area (Å²) < 4.78 is 4.76. The number of hydrogen-bond donors (Lipinski definition) is 1. The number of nitrogens with zero attached hydrogens (tertiary/aromatic N) is 1. The van der Waals surface area contributed by atoms with Gasteiger partial charge in [0.1, 0.15) is 9.88 Å². The number of carbonyl (C=O) groups is 2. The molecule has 8 heteroatoms. The van der Waals surface area contributed by atoms with E-state index < -0.39 is 6.04 Å². The zero-order valence-electron chi connectivity index (χ0n) is 14.7. The average molecular weight is 421 g/mol. The number of methoxy groups -OCH3 is 1. The molecule has 140 valence electrons. The van der Waals surface area contributed by atoms with Crippen molar-refractivity contribution in [1.29, 1.82) is 0 Å². The van der Waals surface area contributed by atoms with E-state index in [4.69, 9.17) is 16.3 Å². The van der Waals surface area contributed by atoms with Gasteiger partial charge in [0.2, 0.25) is 0 Å². The highest BCUT2D eigenvalue weighted by Crippen LogP contribution is 2.30. The van der Waals surface area contributed by atoms with Gasteiger partial charge >= 0.3 is 5.97 Å². The van der Waals surface area contributed by atoms with Crippen LogP contribution in [0, 0.1) is 6.92 Å². The van der Waals surface area contributed by atoms with Crippen LogP contribution in [0.15, 0.2) is 41.8 Å². The van der Waals surface area contributed by atoms with E-state index in [9.17, 15) is 9.59 Å². The molecule has 2 aromatic heterocycles. The number of rotatable bonds is 6. The largest absolute Gasteiger partial charge is 0.469 e. The molecule has 3 rings (SSSR count). The Morgan fingerprint density at radius 1 is 1.30 bits per heavy atom. The number of aryl methyl sites for hydroxylation is 1. The predicted molar refractivity (Wildman–Crippen MR) is 108 cm³/mol. The summed E-state index contributed by atoms with van der Waals surface area (Å²) in [6, 6.07) is 10.7. The van der Waals surface area contributed by atoms with Crippen LogP contribution >= 0.6 is 34.3 Å². The molecule has 2 heterocycles. The van der Waals surface area contributed by atoms with Gasteiger partial charge in [-0.3, -0.25) is 9.59 Å². The Morgan fingerprint density at radius 3 is 2.78 bits per heavy atom. The van der Waals surface area contributed by atoms with Gasteiger partial charge in [0.25, 0.3) is 5.91 Å². The van der Waals surface area contributed by atoms with E-state index in [-0.39, 0.29) is 18.3 Å². The Hall–Kier alpha value is -2.22. The van der Waals surface area contributed by atoms with Gasteiger partial charge < -0.3 is 10.1 Å². The van der Waals surface area contributed by atoms with E-state index in [1.807, 2.05) is 35.7 Å². The fourth-order valence-corrected chi connectivity index (χ4v) is 4.47. The van der Waals surface area contributed by atoms with Crippen LogP contribution in [0.25, 0.3) is 10.6 Å². The monoisotopic (exact) mass is 420 g/mol. The molecule has 0 fully saturated rings. The van der Waals surface area contributed by atoms with Crippen LogP contribution in [0.2, 0.25) is 5.02 Å². The number of benzene rings is 1. The molecule has 0 aliphatic rings. The van der Waals surface area contributed by atoms with Gasteiger partial charge in [0.05, 0.1) is 25.3 Å². The molecule has 3 aromatic rings. The number of thiazole rings is 1. The van der Waals surface area contributed by atoms with Gasteiger partial charge in [-0.05, 0) is 30.5 Å². The third kappa shape index (κ3) is 4.74. The third-order valence-corrected chi connectivity index (χ3v) is 6.29. The molecular weight excluding hydrogens is 404 g/mol. The Balaban J connectivity index is 1.83. The minimum Gasteiger partial charge on any atom is -0.469 e. The summed E-state index contributed by atoms with van der Waals surface area (Å²) in [5.41, 5.74) is 1.49. The summed E-state index contributed by atoms with van der Waals surface area (Å²) >= 11 is 8.82. The maximum Gasteiger partial charge on any atom is 0.307 e. The molecule has 1 aromatic carbocycles. The highest BCUT2D eigenvalue weighted by atomic mass is 35.5. The summed E-state index contributed by atoms with van der Waals surface area (Å²) in [4.78, 5) is 30.5. The molecule has 1 unspecified atom stereocenters. The highest BCUT2D eigenvalue weighted by Gasteiger charge is 2.23. The number of amides is 1. The first-order valence-corrected chi connectivity index (χ1v) is 10.2. The van der Waals surface area contributed by atoms with Crippen molar-refractivity contribution < 1.29 is 14.3 Å². The average Bonchev–Trinajstić information content (AvgIpc) is 3.30. The van der Waals surface area contributed by atoms with Crippen molar-refractivity contribution in [2.75, 3.05) is 7.11 Å². The topological polar surface area (TPSA) is 68.3 Å². The fourth-order valence-electron chi connectivity index (χ4n) is 2.54. The minimum absolute atomic E-state index is 0.0712. The smallest absolute Gasteiger partial charge is 0.307 e. The van der Waals surface area contributed by atoms with Crippen LogP contribution in [0.3, 0.4) is 0 Å². The molecule has 1 N–H and O–H groups in total.